The molecular formula is C31H34N4O4. The number of fused-ring (bicyclic) bond motifs is 1. The van der Waals surface area contributed by atoms with Gasteiger partial charge in [0.25, 0.3) is 0 Å². The molecule has 0 saturated carbocycles. The van der Waals surface area contributed by atoms with Crippen molar-refractivity contribution in [2.75, 3.05) is 20.3 Å². The molecule has 1 aliphatic heterocycles. The van der Waals surface area contributed by atoms with Crippen LogP contribution in [0.2, 0.25) is 0 Å². The number of nitrogens with zero attached hydrogens (tertiary/aromatic N) is 4. The molecule has 2 aromatic carbocycles. The molecule has 0 radical (unpaired) electrons. The van der Waals surface area contributed by atoms with Crippen LogP contribution < -0.4 is 9.47 Å². The van der Waals surface area contributed by atoms with Gasteiger partial charge in [0.15, 0.2) is 17.9 Å². The zero-order chi connectivity index (χ0) is 27.4. The van der Waals surface area contributed by atoms with Crippen molar-refractivity contribution in [2.45, 2.75) is 52.5 Å². The molecule has 8 heteroatoms. The lowest BCUT2D eigenvalue weighted by Crippen LogP contribution is -2.41. The van der Waals surface area contributed by atoms with Crippen molar-refractivity contribution in [2.24, 2.45) is 0 Å². The molecule has 1 unspecified atom stereocenters. The second kappa shape index (κ2) is 11.7. The number of amides is 1. The molecular weight excluding hydrogens is 492 g/mol. The van der Waals surface area contributed by atoms with Crippen molar-refractivity contribution in [1.29, 1.82) is 0 Å². The lowest BCUT2D eigenvalue weighted by Gasteiger charge is -2.39. The van der Waals surface area contributed by atoms with Crippen LogP contribution in [0.4, 0.5) is 0 Å². The molecule has 5 rings (SSSR count). The van der Waals surface area contributed by atoms with Crippen molar-refractivity contribution < 1.29 is 18.7 Å². The van der Waals surface area contributed by atoms with Crippen LogP contribution in [0.15, 0.2) is 59.8 Å². The maximum absolute atomic E-state index is 13.6. The predicted octanol–water partition coefficient (Wildman–Crippen LogP) is 5.13. The van der Waals surface area contributed by atoms with E-state index in [1.807, 2.05) is 11.8 Å². The van der Waals surface area contributed by atoms with Crippen LogP contribution in [0.3, 0.4) is 0 Å². The number of aromatic nitrogens is 3. The third-order valence-corrected chi connectivity index (χ3v) is 7.22. The topological polar surface area (TPSA) is 90.6 Å². The first-order chi connectivity index (χ1) is 18.9. The van der Waals surface area contributed by atoms with Gasteiger partial charge in [0.1, 0.15) is 6.26 Å². The summed E-state index contributed by atoms with van der Waals surface area (Å²) in [6.45, 7) is 7.17. The van der Waals surface area contributed by atoms with Crippen molar-refractivity contribution in [3.05, 3.63) is 100 Å². The zero-order valence-corrected chi connectivity index (χ0v) is 22.9. The van der Waals surface area contributed by atoms with E-state index in [0.717, 1.165) is 45.8 Å². The SMILES string of the molecule is COc1cc2c(cc1OCCc1cnc(C)cn1)C(c1ccc(C)cc1C)N(C(=O)CCc1cocn1)CC2. The van der Waals surface area contributed by atoms with Crippen LogP contribution in [0.1, 0.15) is 57.4 Å². The van der Waals surface area contributed by atoms with Gasteiger partial charge in [-0.1, -0.05) is 23.8 Å². The van der Waals surface area contributed by atoms with Crippen LogP contribution in [-0.4, -0.2) is 46.0 Å². The third-order valence-electron chi connectivity index (χ3n) is 7.22. The number of carbonyl (C=O) groups is 1. The molecule has 2 aromatic heterocycles. The van der Waals surface area contributed by atoms with Gasteiger partial charge in [-0.3, -0.25) is 14.8 Å². The molecule has 1 amide bonds. The summed E-state index contributed by atoms with van der Waals surface area (Å²) in [4.78, 5) is 28.6. The van der Waals surface area contributed by atoms with E-state index in [0.29, 0.717) is 43.9 Å². The predicted molar refractivity (Wildman–Crippen MR) is 147 cm³/mol. The van der Waals surface area contributed by atoms with E-state index in [9.17, 15) is 4.79 Å². The number of methoxy groups -OCH3 is 1. The van der Waals surface area contributed by atoms with Crippen LogP contribution >= 0.6 is 0 Å². The molecule has 0 saturated heterocycles. The van der Waals surface area contributed by atoms with E-state index in [4.69, 9.17) is 13.9 Å². The summed E-state index contributed by atoms with van der Waals surface area (Å²) in [5, 5.41) is 0. The Morgan fingerprint density at radius 2 is 1.87 bits per heavy atom. The number of carbonyl (C=O) groups excluding carboxylic acids is 1. The molecule has 39 heavy (non-hydrogen) atoms. The standard InChI is InChI=1S/C31H34N4O4/c1-20-5-7-26(21(2)13-20)31-27-15-29(39-12-10-24-17-32-22(3)16-33-24)28(37-4)14-23(27)9-11-35(31)30(36)8-6-25-18-38-19-34-25/h5,7,13-19,31H,6,8-12H2,1-4H3. The summed E-state index contributed by atoms with van der Waals surface area (Å²) in [6.07, 6.45) is 8.80. The number of ether oxygens (including phenoxy) is 2. The molecule has 1 atom stereocenters. The molecule has 0 fully saturated rings. The molecule has 0 bridgehead atoms. The van der Waals surface area contributed by atoms with Gasteiger partial charge in [0.05, 0.1) is 36.8 Å². The zero-order valence-electron chi connectivity index (χ0n) is 22.9. The average Bonchev–Trinajstić information content (AvgIpc) is 3.46. The number of hydrogen-bond donors (Lipinski definition) is 0. The number of benzene rings is 2. The van der Waals surface area contributed by atoms with Crippen LogP contribution in [0, 0.1) is 20.8 Å². The van der Waals surface area contributed by atoms with Gasteiger partial charge >= 0.3 is 0 Å². The fraction of sp³-hybridized carbons (Fsp3) is 0.355. The van der Waals surface area contributed by atoms with E-state index in [1.54, 1.807) is 25.8 Å². The van der Waals surface area contributed by atoms with Crippen molar-refractivity contribution in [1.82, 2.24) is 19.9 Å². The first-order valence-corrected chi connectivity index (χ1v) is 13.3. The molecule has 0 spiro atoms. The van der Waals surface area contributed by atoms with E-state index < -0.39 is 0 Å². The van der Waals surface area contributed by atoms with Gasteiger partial charge < -0.3 is 18.8 Å². The summed E-state index contributed by atoms with van der Waals surface area (Å²) in [5.74, 6) is 1.43. The molecule has 1 aliphatic rings. The highest BCUT2D eigenvalue weighted by atomic mass is 16.5. The van der Waals surface area contributed by atoms with Gasteiger partial charge in [-0.2, -0.15) is 0 Å². The first kappa shape index (κ1) is 26.4. The van der Waals surface area contributed by atoms with Gasteiger partial charge in [-0.05, 0) is 61.6 Å². The molecule has 3 heterocycles. The van der Waals surface area contributed by atoms with Gasteiger partial charge in [0, 0.05) is 38.2 Å². The van der Waals surface area contributed by atoms with Crippen LogP contribution in [-0.2, 0) is 24.1 Å². The van der Waals surface area contributed by atoms with Crippen molar-refractivity contribution in [3.63, 3.8) is 0 Å². The summed E-state index contributed by atoms with van der Waals surface area (Å²) in [5.41, 5.74) is 8.21. The minimum Gasteiger partial charge on any atom is -0.493 e. The fourth-order valence-electron chi connectivity index (χ4n) is 5.19. The highest BCUT2D eigenvalue weighted by Crippen LogP contribution is 2.42. The second-order valence-electron chi connectivity index (χ2n) is 10.0. The number of oxazole rings is 1. The van der Waals surface area contributed by atoms with Crippen LogP contribution in [0.25, 0.3) is 0 Å². The lowest BCUT2D eigenvalue weighted by molar-refractivity contribution is -0.133. The largest absolute Gasteiger partial charge is 0.493 e. The molecule has 4 aromatic rings. The summed E-state index contributed by atoms with van der Waals surface area (Å²) < 4.78 is 17.0. The smallest absolute Gasteiger partial charge is 0.223 e. The van der Waals surface area contributed by atoms with Gasteiger partial charge in [-0.15, -0.1) is 0 Å². The van der Waals surface area contributed by atoms with Crippen molar-refractivity contribution in [3.8, 4) is 11.5 Å². The average molecular weight is 527 g/mol. The third kappa shape index (κ3) is 5.95. The van der Waals surface area contributed by atoms with E-state index in [1.165, 1.54) is 12.0 Å². The number of rotatable bonds is 9. The van der Waals surface area contributed by atoms with Crippen LogP contribution in [0.5, 0.6) is 11.5 Å². The molecule has 0 N–H and O–H groups in total. The molecule has 0 aliphatic carbocycles. The van der Waals surface area contributed by atoms with E-state index in [-0.39, 0.29) is 11.9 Å². The Hall–Kier alpha value is -4.20. The number of hydrogen-bond acceptors (Lipinski definition) is 7. The van der Waals surface area contributed by atoms with Gasteiger partial charge in [0.2, 0.25) is 5.91 Å². The quantitative estimate of drug-likeness (QED) is 0.299. The summed E-state index contributed by atoms with van der Waals surface area (Å²) >= 11 is 0. The first-order valence-electron chi connectivity index (χ1n) is 13.3. The maximum atomic E-state index is 13.6. The van der Waals surface area contributed by atoms with E-state index in [2.05, 4.69) is 59.1 Å². The monoisotopic (exact) mass is 526 g/mol. The molecule has 202 valence electrons. The van der Waals surface area contributed by atoms with Gasteiger partial charge in [-0.25, -0.2) is 4.98 Å². The Bertz CT molecular complexity index is 1430. The van der Waals surface area contributed by atoms with E-state index >= 15 is 0 Å². The number of aryl methyl sites for hydroxylation is 4. The Kier molecular flexibility index (Phi) is 7.91. The minimum atomic E-state index is -0.226. The van der Waals surface area contributed by atoms with Crippen molar-refractivity contribution >= 4 is 5.91 Å². The molecule has 8 nitrogen and oxygen atoms in total. The Labute approximate surface area is 229 Å². The summed E-state index contributed by atoms with van der Waals surface area (Å²) in [6, 6.07) is 10.3. The Morgan fingerprint density at radius 3 is 2.59 bits per heavy atom. The summed E-state index contributed by atoms with van der Waals surface area (Å²) in [7, 11) is 1.66. The Morgan fingerprint density at radius 1 is 1.00 bits per heavy atom. The fourth-order valence-corrected chi connectivity index (χ4v) is 5.19. The normalized spacial score (nSPS) is 14.7. The minimum absolute atomic E-state index is 0.0878. The highest BCUT2D eigenvalue weighted by molar-refractivity contribution is 5.78. The second-order valence-corrected chi connectivity index (χ2v) is 10.0. The highest BCUT2D eigenvalue weighted by Gasteiger charge is 2.34. The Balaban J connectivity index is 1.46. The lowest BCUT2D eigenvalue weighted by atomic mass is 9.85. The maximum Gasteiger partial charge on any atom is 0.223 e.